The number of hydrogen-bond donors (Lipinski definition) is 0. The summed E-state index contributed by atoms with van der Waals surface area (Å²) < 4.78 is 5.26. The number of carbonyl (C=O) groups is 2. The number of para-hydroxylation sites is 1. The van der Waals surface area contributed by atoms with E-state index in [9.17, 15) is 19.7 Å². The molecule has 0 unspecified atom stereocenters. The Hall–Kier alpha value is -2.93. The number of ether oxygens (including phenoxy) is 1. The second kappa shape index (κ2) is 7.75. The number of hydrogen-bond acceptors (Lipinski definition) is 5. The molecule has 2 aromatic carbocycles. The van der Waals surface area contributed by atoms with Gasteiger partial charge in [0.1, 0.15) is 0 Å². The summed E-state index contributed by atoms with van der Waals surface area (Å²) in [5.41, 5.74) is 1.64. The summed E-state index contributed by atoms with van der Waals surface area (Å²) in [4.78, 5) is 36.9. The minimum atomic E-state index is -1.02. The van der Waals surface area contributed by atoms with Gasteiger partial charge >= 0.3 is 5.97 Å². The van der Waals surface area contributed by atoms with Gasteiger partial charge in [-0.15, -0.1) is 0 Å². The van der Waals surface area contributed by atoms with Gasteiger partial charge in [-0.05, 0) is 37.5 Å². The molecule has 8 heteroatoms. The van der Waals surface area contributed by atoms with Crippen molar-refractivity contribution in [2.24, 2.45) is 0 Å². The van der Waals surface area contributed by atoms with Crippen LogP contribution in [0.3, 0.4) is 0 Å². The predicted molar refractivity (Wildman–Crippen MR) is 100 cm³/mol. The molecule has 0 saturated carbocycles. The van der Waals surface area contributed by atoms with E-state index < -0.39 is 17.0 Å². The Balaban J connectivity index is 1.74. The third kappa shape index (κ3) is 3.93. The van der Waals surface area contributed by atoms with Gasteiger partial charge in [0.15, 0.2) is 6.10 Å². The molecule has 0 N–H and O–H groups in total. The van der Waals surface area contributed by atoms with Crippen molar-refractivity contribution >= 4 is 34.9 Å². The fourth-order valence-corrected chi connectivity index (χ4v) is 3.29. The lowest BCUT2D eigenvalue weighted by molar-refractivity contribution is -0.384. The molecule has 1 heterocycles. The molecule has 0 fully saturated rings. The molecule has 1 amide bonds. The maximum absolute atomic E-state index is 12.8. The van der Waals surface area contributed by atoms with E-state index in [1.165, 1.54) is 13.0 Å². The van der Waals surface area contributed by atoms with Crippen LogP contribution in [0.2, 0.25) is 5.02 Å². The Kier molecular flexibility index (Phi) is 5.41. The lowest BCUT2D eigenvalue weighted by atomic mass is 10.0. The number of rotatable bonds is 4. The molecule has 0 saturated heterocycles. The summed E-state index contributed by atoms with van der Waals surface area (Å²) in [5, 5.41) is 10.7. The van der Waals surface area contributed by atoms with E-state index in [2.05, 4.69) is 0 Å². The molecule has 2 aromatic rings. The summed E-state index contributed by atoms with van der Waals surface area (Å²) in [7, 11) is 0. The number of amides is 1. The number of benzene rings is 2. The molecular formula is C19H17ClN2O5. The highest BCUT2D eigenvalue weighted by molar-refractivity contribution is 6.33. The Bertz CT molecular complexity index is 915. The van der Waals surface area contributed by atoms with E-state index >= 15 is 0 Å². The lowest BCUT2D eigenvalue weighted by Gasteiger charge is -2.31. The maximum atomic E-state index is 12.8. The van der Waals surface area contributed by atoms with Gasteiger partial charge in [-0.1, -0.05) is 29.8 Å². The Morgan fingerprint density at radius 1 is 1.26 bits per heavy atom. The Labute approximate surface area is 160 Å². The highest BCUT2D eigenvalue weighted by Gasteiger charge is 2.29. The molecule has 7 nitrogen and oxygen atoms in total. The first-order valence-corrected chi connectivity index (χ1v) is 8.80. The summed E-state index contributed by atoms with van der Waals surface area (Å²) in [6.07, 6.45) is 0.708. The van der Waals surface area contributed by atoms with Gasteiger partial charge < -0.3 is 9.64 Å². The van der Waals surface area contributed by atoms with Crippen LogP contribution >= 0.6 is 11.6 Å². The Morgan fingerprint density at radius 3 is 2.70 bits per heavy atom. The maximum Gasteiger partial charge on any atom is 0.340 e. The van der Waals surface area contributed by atoms with Gasteiger partial charge in [-0.2, -0.15) is 0 Å². The van der Waals surface area contributed by atoms with Crippen LogP contribution < -0.4 is 4.90 Å². The third-order valence-electron chi connectivity index (χ3n) is 4.39. The summed E-state index contributed by atoms with van der Waals surface area (Å²) >= 11 is 5.95. The summed E-state index contributed by atoms with van der Waals surface area (Å²) in [5.74, 6) is -1.13. The fourth-order valence-electron chi connectivity index (χ4n) is 3.04. The SMILES string of the molecule is C[C@H](OC(=O)c1ccc([N+](=O)[O-])cc1Cl)C(=O)N1CCCc2ccccc21. The Morgan fingerprint density at radius 2 is 2.00 bits per heavy atom. The van der Waals surface area contributed by atoms with Crippen molar-refractivity contribution in [1.82, 2.24) is 0 Å². The number of esters is 1. The zero-order chi connectivity index (χ0) is 19.6. The number of carbonyl (C=O) groups excluding carboxylic acids is 2. The topological polar surface area (TPSA) is 89.7 Å². The quantitative estimate of drug-likeness (QED) is 0.451. The van der Waals surface area contributed by atoms with Crippen molar-refractivity contribution in [1.29, 1.82) is 0 Å². The number of nitro benzene ring substituents is 1. The van der Waals surface area contributed by atoms with E-state index in [0.717, 1.165) is 36.2 Å². The van der Waals surface area contributed by atoms with Gasteiger partial charge in [0.25, 0.3) is 11.6 Å². The van der Waals surface area contributed by atoms with Gasteiger partial charge in [0, 0.05) is 24.4 Å². The third-order valence-corrected chi connectivity index (χ3v) is 4.70. The van der Waals surface area contributed by atoms with Crippen molar-refractivity contribution in [2.75, 3.05) is 11.4 Å². The number of nitrogens with zero attached hydrogens (tertiary/aromatic N) is 2. The van der Waals surface area contributed by atoms with E-state index in [1.54, 1.807) is 4.90 Å². The second-order valence-corrected chi connectivity index (χ2v) is 6.60. The molecule has 0 radical (unpaired) electrons. The number of halogens is 1. The molecule has 1 atom stereocenters. The number of non-ortho nitro benzene ring substituents is 1. The zero-order valence-corrected chi connectivity index (χ0v) is 15.3. The van der Waals surface area contributed by atoms with Crippen LogP contribution in [-0.4, -0.2) is 29.4 Å². The molecule has 0 bridgehead atoms. The highest BCUT2D eigenvalue weighted by atomic mass is 35.5. The van der Waals surface area contributed by atoms with Crippen LogP contribution in [0.4, 0.5) is 11.4 Å². The molecule has 3 rings (SSSR count). The minimum Gasteiger partial charge on any atom is -0.449 e. The molecule has 0 spiro atoms. The van der Waals surface area contributed by atoms with E-state index in [0.29, 0.717) is 6.54 Å². The van der Waals surface area contributed by atoms with Crippen LogP contribution in [-0.2, 0) is 16.0 Å². The zero-order valence-electron chi connectivity index (χ0n) is 14.6. The van der Waals surface area contributed by atoms with Crippen LogP contribution in [0.15, 0.2) is 42.5 Å². The summed E-state index contributed by atoms with van der Waals surface area (Å²) in [6, 6.07) is 11.1. The lowest BCUT2D eigenvalue weighted by Crippen LogP contribution is -2.42. The fraction of sp³-hybridized carbons (Fsp3) is 0.263. The standard InChI is InChI=1S/C19H17ClN2O5/c1-12(18(23)21-10-4-6-13-5-2-3-7-17(13)21)27-19(24)15-9-8-14(22(25)26)11-16(15)20/h2-3,5,7-9,11-12H,4,6,10H2,1H3/t12-/m0/s1. The van der Waals surface area contributed by atoms with Crippen molar-refractivity contribution in [3.63, 3.8) is 0 Å². The molecule has 0 aliphatic carbocycles. The highest BCUT2D eigenvalue weighted by Crippen LogP contribution is 2.28. The average molecular weight is 389 g/mol. The largest absolute Gasteiger partial charge is 0.449 e. The van der Waals surface area contributed by atoms with Crippen LogP contribution in [0.5, 0.6) is 0 Å². The van der Waals surface area contributed by atoms with Crippen LogP contribution in [0.1, 0.15) is 29.3 Å². The molecule has 140 valence electrons. The first-order chi connectivity index (χ1) is 12.9. The van der Waals surface area contributed by atoms with Crippen molar-refractivity contribution in [3.05, 3.63) is 68.7 Å². The normalized spacial score (nSPS) is 14.2. The monoisotopic (exact) mass is 388 g/mol. The minimum absolute atomic E-state index is 0.0269. The van der Waals surface area contributed by atoms with Gasteiger partial charge in [-0.25, -0.2) is 4.79 Å². The van der Waals surface area contributed by atoms with Crippen molar-refractivity contribution in [2.45, 2.75) is 25.9 Å². The first kappa shape index (κ1) is 18.8. The molecule has 0 aromatic heterocycles. The first-order valence-electron chi connectivity index (χ1n) is 8.42. The van der Waals surface area contributed by atoms with Gasteiger partial charge in [0.05, 0.1) is 15.5 Å². The van der Waals surface area contributed by atoms with Crippen LogP contribution in [0.25, 0.3) is 0 Å². The summed E-state index contributed by atoms with van der Waals surface area (Å²) in [6.45, 7) is 2.05. The number of anilines is 1. The molecule has 1 aliphatic rings. The number of nitro groups is 1. The van der Waals surface area contributed by atoms with E-state index in [-0.39, 0.29) is 22.2 Å². The smallest absolute Gasteiger partial charge is 0.340 e. The van der Waals surface area contributed by atoms with E-state index in [4.69, 9.17) is 16.3 Å². The van der Waals surface area contributed by atoms with Crippen LogP contribution in [0, 0.1) is 10.1 Å². The molecular weight excluding hydrogens is 372 g/mol. The van der Waals surface area contributed by atoms with Gasteiger partial charge in [0.2, 0.25) is 0 Å². The van der Waals surface area contributed by atoms with Gasteiger partial charge in [-0.3, -0.25) is 14.9 Å². The molecule has 1 aliphatic heterocycles. The number of fused-ring (bicyclic) bond motifs is 1. The second-order valence-electron chi connectivity index (χ2n) is 6.19. The van der Waals surface area contributed by atoms with Crippen molar-refractivity contribution < 1.29 is 19.2 Å². The predicted octanol–water partition coefficient (Wildman–Crippen LogP) is 3.77. The average Bonchev–Trinajstić information content (AvgIpc) is 2.66. The molecule has 27 heavy (non-hydrogen) atoms. The number of aryl methyl sites for hydroxylation is 1. The van der Waals surface area contributed by atoms with E-state index in [1.807, 2.05) is 24.3 Å². The van der Waals surface area contributed by atoms with Crippen molar-refractivity contribution in [3.8, 4) is 0 Å².